The summed E-state index contributed by atoms with van der Waals surface area (Å²) >= 11 is 0. The topological polar surface area (TPSA) is 63.6 Å². The number of amides is 1. The van der Waals surface area contributed by atoms with Crippen LogP contribution in [0.15, 0.2) is 77.7 Å². The van der Waals surface area contributed by atoms with Crippen LogP contribution >= 0.6 is 0 Å². The van der Waals surface area contributed by atoms with Gasteiger partial charge in [0, 0.05) is 29.2 Å². The SMILES string of the molecule is O=C(NC1=C[C@H]2N=C(c3ccncc3)O[C@H]2C=C1)c1cccc(F)c1. The lowest BCUT2D eigenvalue weighted by atomic mass is 10.0. The van der Waals surface area contributed by atoms with Gasteiger partial charge in [0.25, 0.3) is 5.91 Å². The van der Waals surface area contributed by atoms with Gasteiger partial charge in [-0.15, -0.1) is 0 Å². The number of halogens is 1. The maximum absolute atomic E-state index is 13.2. The zero-order valence-corrected chi connectivity index (χ0v) is 13.1. The van der Waals surface area contributed by atoms with Crippen molar-refractivity contribution in [1.82, 2.24) is 10.3 Å². The highest BCUT2D eigenvalue weighted by Gasteiger charge is 2.30. The summed E-state index contributed by atoms with van der Waals surface area (Å²) in [5, 5.41) is 2.76. The second-order valence-corrected chi connectivity index (χ2v) is 5.69. The third kappa shape index (κ3) is 3.19. The summed E-state index contributed by atoms with van der Waals surface area (Å²) in [7, 11) is 0. The molecule has 0 radical (unpaired) electrons. The standard InChI is InChI=1S/C19H14FN3O2/c20-14-3-1-2-13(10-14)18(24)22-15-4-5-17-16(11-15)23-19(25-17)12-6-8-21-9-7-12/h1-11,16-17H,(H,22,24)/t16-,17+/m1/s1. The molecule has 124 valence electrons. The maximum atomic E-state index is 13.2. The first-order chi connectivity index (χ1) is 12.2. The Hall–Kier alpha value is -3.28. The number of aliphatic imine (C=N–C) groups is 1. The third-order valence-electron chi connectivity index (χ3n) is 3.94. The van der Waals surface area contributed by atoms with Crippen molar-refractivity contribution >= 4 is 11.8 Å². The smallest absolute Gasteiger partial charge is 0.255 e. The molecule has 6 heteroatoms. The number of nitrogens with one attached hydrogen (secondary N) is 1. The molecule has 25 heavy (non-hydrogen) atoms. The van der Waals surface area contributed by atoms with Gasteiger partial charge in [-0.25, -0.2) is 9.38 Å². The lowest BCUT2D eigenvalue weighted by Gasteiger charge is -2.17. The van der Waals surface area contributed by atoms with Gasteiger partial charge in [-0.1, -0.05) is 6.07 Å². The molecule has 0 unspecified atom stereocenters. The molecule has 0 fully saturated rings. The first kappa shape index (κ1) is 15.3. The van der Waals surface area contributed by atoms with E-state index in [9.17, 15) is 9.18 Å². The van der Waals surface area contributed by atoms with Gasteiger partial charge in [0.2, 0.25) is 5.90 Å². The first-order valence-electron chi connectivity index (χ1n) is 7.81. The van der Waals surface area contributed by atoms with Crippen LogP contribution in [0.3, 0.4) is 0 Å². The molecule has 2 aromatic rings. The minimum atomic E-state index is -0.448. The van der Waals surface area contributed by atoms with E-state index in [0.717, 1.165) is 5.56 Å². The number of fused-ring (bicyclic) bond motifs is 1. The van der Waals surface area contributed by atoms with Crippen LogP contribution in [0.1, 0.15) is 15.9 Å². The van der Waals surface area contributed by atoms with Crippen molar-refractivity contribution < 1.29 is 13.9 Å². The number of pyridine rings is 1. The number of ether oxygens (including phenoxy) is 1. The van der Waals surface area contributed by atoms with Gasteiger partial charge in [-0.3, -0.25) is 9.78 Å². The van der Waals surface area contributed by atoms with Gasteiger partial charge in [0.1, 0.15) is 18.0 Å². The Bertz CT molecular complexity index is 906. The highest BCUT2D eigenvalue weighted by molar-refractivity contribution is 5.96. The van der Waals surface area contributed by atoms with Crippen molar-refractivity contribution in [3.05, 3.63) is 89.7 Å². The molecule has 2 aliphatic rings. The Balaban J connectivity index is 1.51. The van der Waals surface area contributed by atoms with Crippen LogP contribution in [0.5, 0.6) is 0 Å². The van der Waals surface area contributed by atoms with Gasteiger partial charge < -0.3 is 10.1 Å². The van der Waals surface area contributed by atoms with Gasteiger partial charge >= 0.3 is 0 Å². The van der Waals surface area contributed by atoms with Gasteiger partial charge in [-0.05, 0) is 48.6 Å². The lowest BCUT2D eigenvalue weighted by molar-refractivity contribution is 0.0966. The molecule has 2 heterocycles. The van der Waals surface area contributed by atoms with Crippen LogP contribution in [0, 0.1) is 5.82 Å². The van der Waals surface area contributed by atoms with Crippen LogP contribution in [-0.4, -0.2) is 28.9 Å². The van der Waals surface area contributed by atoms with Crippen LogP contribution in [0.4, 0.5) is 4.39 Å². The molecule has 1 N–H and O–H groups in total. The van der Waals surface area contributed by atoms with Crippen molar-refractivity contribution in [2.75, 3.05) is 0 Å². The largest absolute Gasteiger partial charge is 0.467 e. The Morgan fingerprint density at radius 2 is 2.04 bits per heavy atom. The van der Waals surface area contributed by atoms with Crippen molar-refractivity contribution in [2.24, 2.45) is 4.99 Å². The van der Waals surface area contributed by atoms with Crippen molar-refractivity contribution in [3.63, 3.8) is 0 Å². The number of rotatable bonds is 3. The van der Waals surface area contributed by atoms with Crippen LogP contribution < -0.4 is 5.32 Å². The highest BCUT2D eigenvalue weighted by Crippen LogP contribution is 2.24. The molecular formula is C19H14FN3O2. The van der Waals surface area contributed by atoms with E-state index in [-0.39, 0.29) is 23.6 Å². The van der Waals surface area contributed by atoms with Crippen LogP contribution in [0.25, 0.3) is 0 Å². The fourth-order valence-corrected chi connectivity index (χ4v) is 2.71. The summed E-state index contributed by atoms with van der Waals surface area (Å²) in [6.45, 7) is 0. The van der Waals surface area contributed by atoms with Crippen molar-refractivity contribution in [3.8, 4) is 0 Å². The molecule has 0 bridgehead atoms. The predicted octanol–water partition coefficient (Wildman–Crippen LogP) is 2.62. The Morgan fingerprint density at radius 1 is 1.20 bits per heavy atom. The summed E-state index contributed by atoms with van der Waals surface area (Å²) in [4.78, 5) is 20.7. The molecular weight excluding hydrogens is 321 g/mol. The number of allylic oxidation sites excluding steroid dienone is 1. The number of carbonyl (C=O) groups is 1. The number of carbonyl (C=O) groups excluding carboxylic acids is 1. The zero-order chi connectivity index (χ0) is 17.2. The fraction of sp³-hybridized carbons (Fsp3) is 0.105. The molecule has 2 atom stereocenters. The van der Waals surface area contributed by atoms with E-state index in [0.29, 0.717) is 11.6 Å². The first-order valence-corrected chi connectivity index (χ1v) is 7.81. The summed E-state index contributed by atoms with van der Waals surface area (Å²) in [5.74, 6) is -0.265. The molecule has 1 amide bonds. The molecule has 5 nitrogen and oxygen atoms in total. The van der Waals surface area contributed by atoms with Crippen LogP contribution in [-0.2, 0) is 4.74 Å². The Labute approximate surface area is 143 Å². The molecule has 4 rings (SSSR count). The van der Waals surface area contributed by atoms with Gasteiger partial charge in [-0.2, -0.15) is 0 Å². The maximum Gasteiger partial charge on any atom is 0.255 e. The molecule has 0 spiro atoms. The Morgan fingerprint density at radius 3 is 2.84 bits per heavy atom. The van der Waals surface area contributed by atoms with Gasteiger partial charge in [0.05, 0.1) is 0 Å². The summed E-state index contributed by atoms with van der Waals surface area (Å²) in [5.41, 5.74) is 1.73. The average Bonchev–Trinajstić information content (AvgIpc) is 3.06. The highest BCUT2D eigenvalue weighted by atomic mass is 19.1. The normalized spacial score (nSPS) is 21.0. The second-order valence-electron chi connectivity index (χ2n) is 5.69. The number of nitrogens with zero attached hydrogens (tertiary/aromatic N) is 2. The lowest BCUT2D eigenvalue weighted by Crippen LogP contribution is -2.28. The minimum Gasteiger partial charge on any atom is -0.467 e. The van der Waals surface area contributed by atoms with Crippen molar-refractivity contribution in [1.29, 1.82) is 0 Å². The second kappa shape index (κ2) is 6.32. The van der Waals surface area contributed by atoms with Gasteiger partial charge in [0.15, 0.2) is 0 Å². The quantitative estimate of drug-likeness (QED) is 0.938. The van der Waals surface area contributed by atoms with E-state index < -0.39 is 5.82 Å². The van der Waals surface area contributed by atoms with E-state index in [2.05, 4.69) is 15.3 Å². The predicted molar refractivity (Wildman–Crippen MR) is 90.5 cm³/mol. The van der Waals surface area contributed by atoms with E-state index in [4.69, 9.17) is 4.74 Å². The van der Waals surface area contributed by atoms with E-state index >= 15 is 0 Å². The number of hydrogen-bond acceptors (Lipinski definition) is 4. The molecule has 0 saturated carbocycles. The molecule has 1 aliphatic heterocycles. The number of hydrogen-bond donors (Lipinski definition) is 1. The fourth-order valence-electron chi connectivity index (χ4n) is 2.71. The van der Waals surface area contributed by atoms with Crippen LogP contribution in [0.2, 0.25) is 0 Å². The molecule has 1 aromatic carbocycles. The third-order valence-corrected chi connectivity index (χ3v) is 3.94. The zero-order valence-electron chi connectivity index (χ0n) is 13.1. The van der Waals surface area contributed by atoms with E-state index in [1.807, 2.05) is 24.3 Å². The number of aromatic nitrogens is 1. The number of benzene rings is 1. The monoisotopic (exact) mass is 335 g/mol. The van der Waals surface area contributed by atoms with E-state index in [1.165, 1.54) is 18.2 Å². The van der Waals surface area contributed by atoms with E-state index in [1.54, 1.807) is 24.5 Å². The molecule has 0 saturated heterocycles. The van der Waals surface area contributed by atoms with Crippen molar-refractivity contribution in [2.45, 2.75) is 12.1 Å². The summed E-state index contributed by atoms with van der Waals surface area (Å²) in [6.07, 6.45) is 8.61. The molecule has 1 aliphatic carbocycles. The summed E-state index contributed by atoms with van der Waals surface area (Å²) < 4.78 is 19.1. The molecule has 1 aromatic heterocycles. The average molecular weight is 335 g/mol. The Kier molecular flexibility index (Phi) is 3.85. The minimum absolute atomic E-state index is 0.196. The summed E-state index contributed by atoms with van der Waals surface area (Å²) in [6, 6.07) is 9.01.